The van der Waals surface area contributed by atoms with Crippen LogP contribution in [0.25, 0.3) is 21.6 Å². The summed E-state index contributed by atoms with van der Waals surface area (Å²) in [6.45, 7) is 2.81. The lowest BCUT2D eigenvalue weighted by molar-refractivity contribution is -0.0367. The van der Waals surface area contributed by atoms with Crippen molar-refractivity contribution in [3.8, 4) is 26.6 Å². The van der Waals surface area contributed by atoms with Gasteiger partial charge in [0, 0.05) is 22.4 Å². The average molecular weight is 400 g/mol. The second-order valence-electron chi connectivity index (χ2n) is 6.91. The molecule has 1 unspecified atom stereocenters. The molecule has 2 nitrogen and oxygen atoms in total. The number of hydrogen-bond acceptors (Lipinski definition) is 3. The summed E-state index contributed by atoms with van der Waals surface area (Å²) in [5.74, 6) is -1.66. The molecule has 1 aliphatic rings. The second-order valence-corrected chi connectivity index (χ2v) is 7.96. The summed E-state index contributed by atoms with van der Waals surface area (Å²) in [5.41, 5.74) is 2.39. The van der Waals surface area contributed by atoms with E-state index >= 15 is 0 Å². The Kier molecular flexibility index (Phi) is 5.74. The molecule has 4 rings (SSSR count). The van der Waals surface area contributed by atoms with Crippen LogP contribution in [-0.4, -0.2) is 12.9 Å². The van der Waals surface area contributed by atoms with Gasteiger partial charge in [-0.1, -0.05) is 55.0 Å². The standard InChI is InChI=1S/C23H22F2O2S/c1-2-4-15-6-8-16(9-7-15)17-10-11-18(23(25)22(17)24)19-12-13-21(28-19)27-20-5-3-14-26-20/h6-13,20H,2-5,14H2,1H3. The zero-order valence-electron chi connectivity index (χ0n) is 15.7. The number of ether oxygens (including phenoxy) is 2. The van der Waals surface area contributed by atoms with Gasteiger partial charge in [-0.25, -0.2) is 8.78 Å². The van der Waals surface area contributed by atoms with Gasteiger partial charge in [-0.05, 0) is 42.2 Å². The minimum absolute atomic E-state index is 0.244. The summed E-state index contributed by atoms with van der Waals surface area (Å²) in [5, 5.41) is 0.650. The molecule has 0 amide bonds. The lowest BCUT2D eigenvalue weighted by atomic mass is 10.00. The van der Waals surface area contributed by atoms with E-state index in [1.807, 2.05) is 24.3 Å². The Hall–Kier alpha value is -2.24. The predicted octanol–water partition coefficient (Wildman–Crippen LogP) is 6.83. The van der Waals surface area contributed by atoms with Crippen molar-refractivity contribution in [1.82, 2.24) is 0 Å². The van der Waals surface area contributed by atoms with E-state index in [0.29, 0.717) is 22.1 Å². The Morgan fingerprint density at radius 1 is 1.00 bits per heavy atom. The molecule has 1 saturated heterocycles. The van der Waals surface area contributed by atoms with E-state index in [4.69, 9.17) is 9.47 Å². The number of aryl methyl sites for hydroxylation is 1. The molecule has 28 heavy (non-hydrogen) atoms. The van der Waals surface area contributed by atoms with Gasteiger partial charge in [0.05, 0.1) is 6.61 Å². The number of thiophene rings is 1. The van der Waals surface area contributed by atoms with Crippen LogP contribution >= 0.6 is 11.3 Å². The summed E-state index contributed by atoms with van der Waals surface area (Å²) in [7, 11) is 0. The maximum absolute atomic E-state index is 14.8. The highest BCUT2D eigenvalue weighted by Crippen LogP contribution is 2.38. The van der Waals surface area contributed by atoms with Crippen molar-refractivity contribution in [3.63, 3.8) is 0 Å². The van der Waals surface area contributed by atoms with Crippen LogP contribution < -0.4 is 4.74 Å². The molecule has 3 aromatic rings. The minimum atomic E-state index is -0.833. The predicted molar refractivity (Wildman–Crippen MR) is 109 cm³/mol. The van der Waals surface area contributed by atoms with E-state index < -0.39 is 11.6 Å². The van der Waals surface area contributed by atoms with Crippen LogP contribution in [-0.2, 0) is 11.2 Å². The number of halogens is 2. The molecule has 0 aliphatic carbocycles. The average Bonchev–Trinajstić information content (AvgIpc) is 3.38. The Morgan fingerprint density at radius 2 is 1.75 bits per heavy atom. The Labute approximate surface area is 167 Å². The molecular weight excluding hydrogens is 378 g/mol. The minimum Gasteiger partial charge on any atom is -0.455 e. The van der Waals surface area contributed by atoms with Gasteiger partial charge in [0.1, 0.15) is 0 Å². The van der Waals surface area contributed by atoms with Crippen LogP contribution in [0.5, 0.6) is 5.06 Å². The molecule has 1 atom stereocenters. The molecule has 1 fully saturated rings. The molecule has 0 bridgehead atoms. The van der Waals surface area contributed by atoms with Gasteiger partial charge >= 0.3 is 0 Å². The highest BCUT2D eigenvalue weighted by molar-refractivity contribution is 7.17. The van der Waals surface area contributed by atoms with E-state index in [2.05, 4.69) is 6.92 Å². The number of benzene rings is 2. The van der Waals surface area contributed by atoms with Crippen molar-refractivity contribution < 1.29 is 18.3 Å². The molecule has 146 valence electrons. The van der Waals surface area contributed by atoms with Gasteiger partial charge < -0.3 is 9.47 Å². The Bertz CT molecular complexity index is 944. The highest BCUT2D eigenvalue weighted by atomic mass is 32.1. The molecule has 0 radical (unpaired) electrons. The van der Waals surface area contributed by atoms with Crippen molar-refractivity contribution in [2.75, 3.05) is 6.61 Å². The molecule has 2 heterocycles. The molecule has 0 N–H and O–H groups in total. The largest absolute Gasteiger partial charge is 0.455 e. The summed E-state index contributed by atoms with van der Waals surface area (Å²) in [4.78, 5) is 0.634. The van der Waals surface area contributed by atoms with Crippen LogP contribution in [0.15, 0.2) is 48.5 Å². The third-order valence-electron chi connectivity index (χ3n) is 4.87. The van der Waals surface area contributed by atoms with Crippen LogP contribution in [0.4, 0.5) is 8.78 Å². The zero-order valence-corrected chi connectivity index (χ0v) is 16.5. The third-order valence-corrected chi connectivity index (χ3v) is 5.88. The molecular formula is C23H22F2O2S. The smallest absolute Gasteiger partial charge is 0.200 e. The van der Waals surface area contributed by atoms with E-state index in [-0.39, 0.29) is 17.4 Å². The number of hydrogen-bond donors (Lipinski definition) is 0. The van der Waals surface area contributed by atoms with E-state index in [0.717, 1.165) is 25.7 Å². The quantitative estimate of drug-likeness (QED) is 0.452. The first-order chi connectivity index (χ1) is 13.7. The first-order valence-electron chi connectivity index (χ1n) is 9.61. The van der Waals surface area contributed by atoms with Gasteiger partial charge in [0.2, 0.25) is 6.29 Å². The van der Waals surface area contributed by atoms with Crippen molar-refractivity contribution in [2.45, 2.75) is 38.9 Å². The monoisotopic (exact) mass is 400 g/mol. The maximum atomic E-state index is 14.8. The molecule has 0 spiro atoms. The summed E-state index contributed by atoms with van der Waals surface area (Å²) < 4.78 is 40.8. The van der Waals surface area contributed by atoms with Crippen LogP contribution in [0, 0.1) is 11.6 Å². The van der Waals surface area contributed by atoms with Gasteiger partial charge in [-0.15, -0.1) is 0 Å². The summed E-state index contributed by atoms with van der Waals surface area (Å²) in [6.07, 6.45) is 3.61. The lowest BCUT2D eigenvalue weighted by Crippen LogP contribution is -2.12. The second kappa shape index (κ2) is 8.41. The van der Waals surface area contributed by atoms with Crippen molar-refractivity contribution in [2.24, 2.45) is 0 Å². The molecule has 2 aromatic carbocycles. The topological polar surface area (TPSA) is 18.5 Å². The SMILES string of the molecule is CCCc1ccc(-c2ccc(-c3ccc(OC4CCCO4)s3)c(F)c2F)cc1. The van der Waals surface area contributed by atoms with E-state index in [9.17, 15) is 8.78 Å². The number of rotatable bonds is 6. The molecule has 1 aliphatic heterocycles. The van der Waals surface area contributed by atoms with Crippen molar-refractivity contribution in [3.05, 3.63) is 65.7 Å². The fourth-order valence-corrected chi connectivity index (χ4v) is 4.31. The molecule has 1 aromatic heterocycles. The first kappa shape index (κ1) is 19.1. The highest BCUT2D eigenvalue weighted by Gasteiger charge is 2.20. The van der Waals surface area contributed by atoms with Gasteiger partial charge in [-0.3, -0.25) is 0 Å². The molecule has 0 saturated carbocycles. The fraction of sp³-hybridized carbons (Fsp3) is 0.304. The van der Waals surface area contributed by atoms with Crippen LogP contribution in [0.1, 0.15) is 31.7 Å². The fourth-order valence-electron chi connectivity index (χ4n) is 3.40. The third kappa shape index (κ3) is 3.96. The maximum Gasteiger partial charge on any atom is 0.200 e. The molecule has 5 heteroatoms. The van der Waals surface area contributed by atoms with Gasteiger partial charge in [0.25, 0.3) is 0 Å². The Morgan fingerprint density at radius 3 is 2.46 bits per heavy atom. The first-order valence-corrected chi connectivity index (χ1v) is 10.4. The summed E-state index contributed by atoms with van der Waals surface area (Å²) >= 11 is 1.30. The van der Waals surface area contributed by atoms with Crippen molar-refractivity contribution >= 4 is 11.3 Å². The van der Waals surface area contributed by atoms with Crippen LogP contribution in [0.3, 0.4) is 0 Å². The van der Waals surface area contributed by atoms with E-state index in [1.165, 1.54) is 16.9 Å². The normalized spacial score (nSPS) is 16.5. The van der Waals surface area contributed by atoms with Crippen LogP contribution in [0.2, 0.25) is 0 Å². The van der Waals surface area contributed by atoms with Gasteiger partial charge in [0.15, 0.2) is 16.7 Å². The Balaban J connectivity index is 1.58. The van der Waals surface area contributed by atoms with Crippen molar-refractivity contribution in [1.29, 1.82) is 0 Å². The zero-order chi connectivity index (χ0) is 19.5. The van der Waals surface area contributed by atoms with E-state index in [1.54, 1.807) is 24.3 Å². The summed E-state index contributed by atoms with van der Waals surface area (Å²) in [6, 6.07) is 14.4. The van der Waals surface area contributed by atoms with Gasteiger partial charge in [-0.2, -0.15) is 0 Å². The lowest BCUT2D eigenvalue weighted by Gasteiger charge is -2.10.